The summed E-state index contributed by atoms with van der Waals surface area (Å²) >= 11 is 0. The molecular formula is C15H26N2O2. The van der Waals surface area contributed by atoms with E-state index in [4.69, 9.17) is 16.6 Å². The van der Waals surface area contributed by atoms with Crippen molar-refractivity contribution in [3.63, 3.8) is 0 Å². The first kappa shape index (κ1) is 16.1. The van der Waals surface area contributed by atoms with E-state index in [-0.39, 0.29) is 12.1 Å². The van der Waals surface area contributed by atoms with Gasteiger partial charge in [0, 0.05) is 12.1 Å². The molecule has 0 unspecified atom stereocenters. The van der Waals surface area contributed by atoms with Gasteiger partial charge in [0.2, 0.25) is 0 Å². The molecule has 0 aliphatic heterocycles. The van der Waals surface area contributed by atoms with E-state index < -0.39 is 6.10 Å². The SMILES string of the molecule is C[C@@H](N)[C@@H](O)c1ccccc1.NC1CCC(O)CC1. The molecule has 1 aromatic carbocycles. The average molecular weight is 266 g/mol. The van der Waals surface area contributed by atoms with Gasteiger partial charge in [0.05, 0.1) is 12.2 Å². The number of benzene rings is 1. The van der Waals surface area contributed by atoms with Gasteiger partial charge in [-0.2, -0.15) is 0 Å². The summed E-state index contributed by atoms with van der Waals surface area (Å²) < 4.78 is 0. The highest BCUT2D eigenvalue weighted by atomic mass is 16.3. The summed E-state index contributed by atoms with van der Waals surface area (Å²) in [7, 11) is 0. The van der Waals surface area contributed by atoms with Crippen LogP contribution in [-0.2, 0) is 0 Å². The molecule has 1 aromatic rings. The number of hydrogen-bond acceptors (Lipinski definition) is 4. The van der Waals surface area contributed by atoms with Gasteiger partial charge in [-0.05, 0) is 38.2 Å². The number of hydrogen-bond donors (Lipinski definition) is 4. The Labute approximate surface area is 115 Å². The Morgan fingerprint density at radius 3 is 2.05 bits per heavy atom. The number of nitrogens with two attached hydrogens (primary N) is 2. The van der Waals surface area contributed by atoms with E-state index in [2.05, 4.69) is 0 Å². The molecule has 2 rings (SSSR count). The molecule has 6 N–H and O–H groups in total. The van der Waals surface area contributed by atoms with Gasteiger partial charge in [-0.3, -0.25) is 0 Å². The molecule has 2 atom stereocenters. The molecule has 0 saturated heterocycles. The van der Waals surface area contributed by atoms with Crippen LogP contribution >= 0.6 is 0 Å². The lowest BCUT2D eigenvalue weighted by molar-refractivity contribution is 0.123. The summed E-state index contributed by atoms with van der Waals surface area (Å²) in [5.41, 5.74) is 12.0. The summed E-state index contributed by atoms with van der Waals surface area (Å²) in [6, 6.07) is 9.58. The van der Waals surface area contributed by atoms with Crippen LogP contribution in [0.4, 0.5) is 0 Å². The van der Waals surface area contributed by atoms with E-state index in [0.29, 0.717) is 6.04 Å². The van der Waals surface area contributed by atoms with Crippen LogP contribution in [-0.4, -0.2) is 28.4 Å². The van der Waals surface area contributed by atoms with E-state index in [0.717, 1.165) is 31.2 Å². The summed E-state index contributed by atoms with van der Waals surface area (Å²) in [6.45, 7) is 1.79. The first-order valence-electron chi connectivity index (χ1n) is 6.93. The van der Waals surface area contributed by atoms with E-state index in [1.165, 1.54) is 0 Å². The van der Waals surface area contributed by atoms with Gasteiger partial charge in [-0.1, -0.05) is 30.3 Å². The topological polar surface area (TPSA) is 92.5 Å². The molecule has 0 bridgehead atoms. The number of aliphatic hydroxyl groups is 2. The van der Waals surface area contributed by atoms with Crippen molar-refractivity contribution in [2.75, 3.05) is 0 Å². The lowest BCUT2D eigenvalue weighted by Crippen LogP contribution is -2.28. The molecule has 4 heteroatoms. The molecule has 0 heterocycles. The molecular weight excluding hydrogens is 240 g/mol. The Kier molecular flexibility index (Phi) is 7.02. The molecule has 0 spiro atoms. The van der Waals surface area contributed by atoms with Gasteiger partial charge in [0.1, 0.15) is 0 Å². The van der Waals surface area contributed by atoms with Gasteiger partial charge >= 0.3 is 0 Å². The molecule has 4 nitrogen and oxygen atoms in total. The zero-order valence-electron chi connectivity index (χ0n) is 11.6. The Morgan fingerprint density at radius 2 is 1.63 bits per heavy atom. The van der Waals surface area contributed by atoms with E-state index >= 15 is 0 Å². The van der Waals surface area contributed by atoms with E-state index in [1.54, 1.807) is 6.92 Å². The molecule has 0 aromatic heterocycles. The van der Waals surface area contributed by atoms with Crippen molar-refractivity contribution < 1.29 is 10.2 Å². The second-order valence-electron chi connectivity index (χ2n) is 5.28. The highest BCUT2D eigenvalue weighted by Gasteiger charge is 2.14. The summed E-state index contributed by atoms with van der Waals surface area (Å²) in [5.74, 6) is 0. The first-order chi connectivity index (χ1) is 9.00. The first-order valence-corrected chi connectivity index (χ1v) is 6.93. The van der Waals surface area contributed by atoms with Crippen LogP contribution in [0.1, 0.15) is 44.3 Å². The van der Waals surface area contributed by atoms with Crippen LogP contribution in [0.5, 0.6) is 0 Å². The van der Waals surface area contributed by atoms with Crippen molar-refractivity contribution in [1.82, 2.24) is 0 Å². The summed E-state index contributed by atoms with van der Waals surface area (Å²) in [4.78, 5) is 0. The van der Waals surface area contributed by atoms with E-state index in [9.17, 15) is 5.11 Å². The van der Waals surface area contributed by atoms with Crippen LogP contribution in [0.25, 0.3) is 0 Å². The fourth-order valence-electron chi connectivity index (χ4n) is 2.06. The minimum Gasteiger partial charge on any atom is -0.393 e. The van der Waals surface area contributed by atoms with Crippen molar-refractivity contribution in [1.29, 1.82) is 0 Å². The lowest BCUT2D eigenvalue weighted by atomic mass is 9.94. The minimum absolute atomic E-state index is 0.0604. The largest absolute Gasteiger partial charge is 0.393 e. The Bertz CT molecular complexity index is 325. The van der Waals surface area contributed by atoms with Crippen molar-refractivity contribution in [3.05, 3.63) is 35.9 Å². The standard InChI is InChI=1S/C9H13NO.C6H13NO/c1-7(10)9(11)8-5-3-2-4-6-8;7-5-1-3-6(8)4-2-5/h2-7,9,11H,10H2,1H3;5-6,8H,1-4,7H2/t7-,9-;/m1./s1. The molecule has 1 saturated carbocycles. The average Bonchev–Trinajstić information content (AvgIpc) is 2.43. The third-order valence-corrected chi connectivity index (χ3v) is 3.38. The third kappa shape index (κ3) is 6.16. The summed E-state index contributed by atoms with van der Waals surface area (Å²) in [5, 5.41) is 18.4. The fourth-order valence-corrected chi connectivity index (χ4v) is 2.06. The lowest BCUT2D eigenvalue weighted by Gasteiger charge is -2.21. The predicted octanol–water partition coefficient (Wildman–Crippen LogP) is 1.32. The van der Waals surface area contributed by atoms with Gasteiger partial charge in [-0.25, -0.2) is 0 Å². The highest BCUT2D eigenvalue weighted by molar-refractivity contribution is 5.18. The highest BCUT2D eigenvalue weighted by Crippen LogP contribution is 2.16. The second kappa shape index (κ2) is 8.27. The van der Waals surface area contributed by atoms with Gasteiger partial charge in [0.15, 0.2) is 0 Å². The van der Waals surface area contributed by atoms with Crippen LogP contribution in [0.2, 0.25) is 0 Å². The van der Waals surface area contributed by atoms with Crippen molar-refractivity contribution in [3.8, 4) is 0 Å². The normalized spacial score (nSPS) is 25.9. The van der Waals surface area contributed by atoms with Crippen LogP contribution in [0, 0.1) is 0 Å². The molecule has 1 aliphatic rings. The Morgan fingerprint density at radius 1 is 1.11 bits per heavy atom. The maximum absolute atomic E-state index is 9.47. The van der Waals surface area contributed by atoms with Crippen LogP contribution in [0.3, 0.4) is 0 Å². The van der Waals surface area contributed by atoms with Gasteiger partial charge < -0.3 is 21.7 Å². The quantitative estimate of drug-likeness (QED) is 0.649. The third-order valence-electron chi connectivity index (χ3n) is 3.38. The van der Waals surface area contributed by atoms with Gasteiger partial charge in [0.25, 0.3) is 0 Å². The Balaban J connectivity index is 0.000000200. The maximum Gasteiger partial charge on any atom is 0.0938 e. The zero-order valence-corrected chi connectivity index (χ0v) is 11.6. The summed E-state index contributed by atoms with van der Waals surface area (Å²) in [6.07, 6.45) is 3.20. The van der Waals surface area contributed by atoms with Gasteiger partial charge in [-0.15, -0.1) is 0 Å². The molecule has 19 heavy (non-hydrogen) atoms. The molecule has 0 radical (unpaired) electrons. The van der Waals surface area contributed by atoms with Crippen LogP contribution in [0.15, 0.2) is 30.3 Å². The van der Waals surface area contributed by atoms with Crippen LogP contribution < -0.4 is 11.5 Å². The molecule has 1 aliphatic carbocycles. The zero-order chi connectivity index (χ0) is 14.3. The second-order valence-corrected chi connectivity index (χ2v) is 5.28. The molecule has 0 amide bonds. The smallest absolute Gasteiger partial charge is 0.0938 e. The van der Waals surface area contributed by atoms with Crippen molar-refractivity contribution in [2.24, 2.45) is 11.5 Å². The number of rotatable bonds is 2. The number of aliphatic hydroxyl groups excluding tert-OH is 2. The van der Waals surface area contributed by atoms with Crippen molar-refractivity contribution in [2.45, 2.75) is 56.9 Å². The Hall–Kier alpha value is -0.940. The maximum atomic E-state index is 9.47. The molecule has 1 fully saturated rings. The predicted molar refractivity (Wildman–Crippen MR) is 77.5 cm³/mol. The van der Waals surface area contributed by atoms with E-state index in [1.807, 2.05) is 30.3 Å². The monoisotopic (exact) mass is 266 g/mol. The minimum atomic E-state index is -0.545. The fraction of sp³-hybridized carbons (Fsp3) is 0.600. The van der Waals surface area contributed by atoms with Crippen molar-refractivity contribution >= 4 is 0 Å². The molecule has 108 valence electrons.